The predicted octanol–water partition coefficient (Wildman–Crippen LogP) is 4.06. The minimum absolute atomic E-state index is 0.0373. The molecule has 35 heavy (non-hydrogen) atoms. The highest BCUT2D eigenvalue weighted by Crippen LogP contribution is 2.32. The first-order chi connectivity index (χ1) is 17.0. The molecule has 1 amide bonds. The molecule has 0 spiro atoms. The van der Waals surface area contributed by atoms with Crippen molar-refractivity contribution >= 4 is 34.9 Å². The van der Waals surface area contributed by atoms with E-state index >= 15 is 0 Å². The standard InChI is InChI=1S/C27H24N2O6/c1-33-26(31)23-17-35-18-28(24(23)27(32)34-2)20-13-15-22(16-14-20)29(21-11-7-4-8-12-21)25(30)19-9-5-3-6-10-19/h3-16H,17-18H2,1-2H3. The van der Waals surface area contributed by atoms with Gasteiger partial charge in [0.15, 0.2) is 0 Å². The van der Waals surface area contributed by atoms with E-state index in [2.05, 4.69) is 0 Å². The molecule has 1 aliphatic rings. The SMILES string of the molecule is COC(=O)C1=C(C(=O)OC)N(c2ccc(N(C(=O)c3ccccc3)c3ccccc3)cc2)COC1. The first kappa shape index (κ1) is 23.7. The van der Waals surface area contributed by atoms with Crippen LogP contribution < -0.4 is 9.80 Å². The van der Waals surface area contributed by atoms with Crippen molar-refractivity contribution in [1.29, 1.82) is 0 Å². The van der Waals surface area contributed by atoms with Gasteiger partial charge in [-0.25, -0.2) is 9.59 Å². The number of carbonyl (C=O) groups excluding carboxylic acids is 3. The van der Waals surface area contributed by atoms with E-state index in [1.807, 2.05) is 48.5 Å². The third-order valence-electron chi connectivity index (χ3n) is 5.49. The quantitative estimate of drug-likeness (QED) is 0.500. The third-order valence-corrected chi connectivity index (χ3v) is 5.49. The fourth-order valence-corrected chi connectivity index (χ4v) is 3.80. The zero-order valence-corrected chi connectivity index (χ0v) is 19.3. The summed E-state index contributed by atoms with van der Waals surface area (Å²) < 4.78 is 15.3. The lowest BCUT2D eigenvalue weighted by atomic mass is 10.1. The van der Waals surface area contributed by atoms with E-state index in [0.717, 1.165) is 0 Å². The van der Waals surface area contributed by atoms with Crippen molar-refractivity contribution in [3.63, 3.8) is 0 Å². The van der Waals surface area contributed by atoms with Crippen LogP contribution in [0, 0.1) is 0 Å². The number of para-hydroxylation sites is 1. The van der Waals surface area contributed by atoms with Gasteiger partial charge in [-0.3, -0.25) is 9.69 Å². The Morgan fingerprint density at radius 3 is 1.94 bits per heavy atom. The normalized spacial score (nSPS) is 13.3. The van der Waals surface area contributed by atoms with E-state index in [1.54, 1.807) is 41.3 Å². The highest BCUT2D eigenvalue weighted by atomic mass is 16.5. The number of rotatable bonds is 6. The number of ether oxygens (including phenoxy) is 3. The zero-order valence-electron chi connectivity index (χ0n) is 19.3. The summed E-state index contributed by atoms with van der Waals surface area (Å²) in [6.07, 6.45) is 0. The summed E-state index contributed by atoms with van der Waals surface area (Å²) in [7, 11) is 2.48. The average molecular weight is 472 g/mol. The summed E-state index contributed by atoms with van der Waals surface area (Å²) >= 11 is 0. The van der Waals surface area contributed by atoms with Gasteiger partial charge < -0.3 is 19.1 Å². The van der Waals surface area contributed by atoms with Gasteiger partial charge in [0, 0.05) is 22.6 Å². The van der Waals surface area contributed by atoms with E-state index < -0.39 is 11.9 Å². The van der Waals surface area contributed by atoms with Crippen molar-refractivity contribution in [2.45, 2.75) is 0 Å². The predicted molar refractivity (Wildman–Crippen MR) is 130 cm³/mol. The van der Waals surface area contributed by atoms with E-state index in [1.165, 1.54) is 19.1 Å². The number of hydrogen-bond acceptors (Lipinski definition) is 7. The van der Waals surface area contributed by atoms with Crippen LogP contribution in [0.4, 0.5) is 17.1 Å². The maximum Gasteiger partial charge on any atom is 0.355 e. The van der Waals surface area contributed by atoms with Crippen LogP contribution in [0.5, 0.6) is 0 Å². The lowest BCUT2D eigenvalue weighted by Gasteiger charge is -2.31. The van der Waals surface area contributed by atoms with Crippen molar-refractivity contribution < 1.29 is 28.6 Å². The zero-order chi connectivity index (χ0) is 24.8. The molecule has 0 bridgehead atoms. The maximum absolute atomic E-state index is 13.4. The monoisotopic (exact) mass is 472 g/mol. The summed E-state index contributed by atoms with van der Waals surface area (Å²) in [5.41, 5.74) is 2.58. The second-order valence-electron chi connectivity index (χ2n) is 7.57. The largest absolute Gasteiger partial charge is 0.466 e. The molecule has 1 aliphatic heterocycles. The Balaban J connectivity index is 1.73. The summed E-state index contributed by atoms with van der Waals surface area (Å²) in [5, 5.41) is 0. The lowest BCUT2D eigenvalue weighted by molar-refractivity contribution is -0.140. The highest BCUT2D eigenvalue weighted by Gasteiger charge is 2.32. The maximum atomic E-state index is 13.4. The molecule has 178 valence electrons. The number of hydrogen-bond donors (Lipinski definition) is 0. The van der Waals surface area contributed by atoms with Crippen LogP contribution in [-0.4, -0.2) is 45.4 Å². The van der Waals surface area contributed by atoms with E-state index in [-0.39, 0.29) is 30.5 Å². The molecule has 0 aromatic heterocycles. The van der Waals surface area contributed by atoms with Gasteiger partial charge in [-0.15, -0.1) is 0 Å². The van der Waals surface area contributed by atoms with Crippen molar-refractivity contribution in [1.82, 2.24) is 0 Å². The van der Waals surface area contributed by atoms with Crippen LogP contribution in [0.25, 0.3) is 0 Å². The minimum Gasteiger partial charge on any atom is -0.466 e. The molecule has 3 aromatic carbocycles. The molecular formula is C27H24N2O6. The van der Waals surface area contributed by atoms with Crippen molar-refractivity contribution in [3.8, 4) is 0 Å². The summed E-state index contributed by atoms with van der Waals surface area (Å²) in [6, 6.07) is 25.4. The van der Waals surface area contributed by atoms with Gasteiger partial charge >= 0.3 is 11.9 Å². The molecule has 0 saturated heterocycles. The summed E-state index contributed by atoms with van der Waals surface area (Å²) in [5.74, 6) is -1.53. The first-order valence-corrected chi connectivity index (χ1v) is 10.8. The van der Waals surface area contributed by atoms with E-state index in [4.69, 9.17) is 14.2 Å². The molecule has 0 N–H and O–H groups in total. The Hall–Kier alpha value is -4.43. The summed E-state index contributed by atoms with van der Waals surface area (Å²) in [6.45, 7) is -0.0331. The van der Waals surface area contributed by atoms with E-state index in [9.17, 15) is 14.4 Å². The van der Waals surface area contributed by atoms with E-state index in [0.29, 0.717) is 22.6 Å². The number of benzene rings is 3. The molecule has 0 fully saturated rings. The molecule has 3 aromatic rings. The third kappa shape index (κ3) is 4.92. The number of anilines is 3. The Morgan fingerprint density at radius 2 is 1.34 bits per heavy atom. The smallest absolute Gasteiger partial charge is 0.355 e. The number of amides is 1. The van der Waals surface area contributed by atoms with Crippen molar-refractivity contribution in [3.05, 3.63) is 102 Å². The van der Waals surface area contributed by atoms with Gasteiger partial charge in [0.05, 0.1) is 26.4 Å². The molecule has 4 rings (SSSR count). The molecule has 8 nitrogen and oxygen atoms in total. The van der Waals surface area contributed by atoms with Crippen LogP contribution >= 0.6 is 0 Å². The molecule has 1 heterocycles. The van der Waals surface area contributed by atoms with Gasteiger partial charge in [-0.05, 0) is 48.5 Å². The van der Waals surface area contributed by atoms with Crippen LogP contribution in [0.15, 0.2) is 96.2 Å². The Morgan fingerprint density at radius 1 is 0.771 bits per heavy atom. The minimum atomic E-state index is -0.678. The fraction of sp³-hybridized carbons (Fsp3) is 0.148. The van der Waals surface area contributed by atoms with Gasteiger partial charge in [-0.1, -0.05) is 36.4 Å². The van der Waals surface area contributed by atoms with Crippen LogP contribution in [-0.2, 0) is 23.8 Å². The fourth-order valence-electron chi connectivity index (χ4n) is 3.80. The van der Waals surface area contributed by atoms with Crippen LogP contribution in [0.2, 0.25) is 0 Å². The van der Waals surface area contributed by atoms with Crippen molar-refractivity contribution in [2.24, 2.45) is 0 Å². The number of nitrogens with zero attached hydrogens (tertiary/aromatic N) is 2. The molecule has 0 unspecified atom stereocenters. The van der Waals surface area contributed by atoms with Gasteiger partial charge in [0.2, 0.25) is 0 Å². The van der Waals surface area contributed by atoms with Gasteiger partial charge in [0.1, 0.15) is 12.4 Å². The van der Waals surface area contributed by atoms with Crippen LogP contribution in [0.1, 0.15) is 10.4 Å². The second kappa shape index (κ2) is 10.7. The number of methoxy groups -OCH3 is 2. The first-order valence-electron chi connectivity index (χ1n) is 10.8. The summed E-state index contributed by atoms with van der Waals surface area (Å²) in [4.78, 5) is 41.4. The number of carbonyl (C=O) groups is 3. The molecule has 0 atom stereocenters. The Bertz CT molecular complexity index is 1240. The Labute approximate surface area is 202 Å². The molecule has 0 aliphatic carbocycles. The lowest BCUT2D eigenvalue weighted by Crippen LogP contribution is -2.38. The second-order valence-corrected chi connectivity index (χ2v) is 7.57. The average Bonchev–Trinajstić information content (AvgIpc) is 2.93. The Kier molecular flexibility index (Phi) is 7.23. The molecule has 8 heteroatoms. The number of esters is 2. The molecule has 0 radical (unpaired) electrons. The van der Waals surface area contributed by atoms with Gasteiger partial charge in [0.25, 0.3) is 5.91 Å². The highest BCUT2D eigenvalue weighted by molar-refractivity contribution is 6.11. The van der Waals surface area contributed by atoms with Gasteiger partial charge in [-0.2, -0.15) is 0 Å². The van der Waals surface area contributed by atoms with Crippen LogP contribution in [0.3, 0.4) is 0 Å². The topological polar surface area (TPSA) is 85.4 Å². The molecule has 0 saturated carbocycles. The molecular weight excluding hydrogens is 448 g/mol. The van der Waals surface area contributed by atoms with Crippen molar-refractivity contribution in [2.75, 3.05) is 37.4 Å².